The first-order valence-corrected chi connectivity index (χ1v) is 17.9. The largest absolute Gasteiger partial charge is 0.507 e. The van der Waals surface area contributed by atoms with E-state index in [1.807, 2.05) is 0 Å². The predicted octanol–water partition coefficient (Wildman–Crippen LogP) is 4.77. The fraction of sp³-hybridized carbons (Fsp3) is 0.0385. The van der Waals surface area contributed by atoms with Crippen LogP contribution in [0.5, 0.6) is 5.75 Å². The van der Waals surface area contributed by atoms with Crippen LogP contribution in [0.4, 0.5) is 40.3 Å². The Balaban J connectivity index is 1.46. The number of nitrogens with one attached hydrogen (secondary N) is 2. The highest BCUT2D eigenvalue weighted by Crippen LogP contribution is 2.41. The van der Waals surface area contributed by atoms with E-state index in [-0.39, 0.29) is 55.6 Å². The minimum atomic E-state index is -4.91. The van der Waals surface area contributed by atoms with Gasteiger partial charge in [0.05, 0.1) is 20.9 Å². The van der Waals surface area contributed by atoms with Crippen molar-refractivity contribution in [1.82, 2.24) is 15.0 Å². The molecule has 17 nitrogen and oxygen atoms in total. The normalized spacial score (nSPS) is 12.4. The van der Waals surface area contributed by atoms with E-state index < -0.39 is 45.6 Å². The van der Waals surface area contributed by atoms with Gasteiger partial charge < -0.3 is 21.5 Å². The number of phenols is 1. The van der Waals surface area contributed by atoms with E-state index in [2.05, 4.69) is 35.8 Å². The van der Waals surface area contributed by atoms with E-state index in [1.165, 1.54) is 48.5 Å². The average Bonchev–Trinajstić information content (AvgIpc) is 2.95. The molecule has 0 unspecified atom stereocenters. The van der Waals surface area contributed by atoms with Gasteiger partial charge >= 0.3 is 0 Å². The first-order valence-electron chi connectivity index (χ1n) is 12.7. The van der Waals surface area contributed by atoms with Crippen LogP contribution in [0.25, 0.3) is 10.8 Å². The molecule has 0 aliphatic rings. The number of benzene rings is 4. The Kier molecular flexibility index (Phi) is 8.75. The summed E-state index contributed by atoms with van der Waals surface area (Å²) >= 11 is 6.04. The van der Waals surface area contributed by atoms with Crippen LogP contribution in [-0.2, 0) is 30.1 Å². The zero-order valence-corrected chi connectivity index (χ0v) is 26.8. The maximum absolute atomic E-state index is 12.3. The first-order chi connectivity index (χ1) is 21.9. The fourth-order valence-electron chi connectivity index (χ4n) is 4.16. The van der Waals surface area contributed by atoms with Gasteiger partial charge in [-0.05, 0) is 71.6 Å². The molecule has 4 aromatic carbocycles. The molecule has 47 heavy (non-hydrogen) atoms. The van der Waals surface area contributed by atoms with Crippen molar-refractivity contribution in [3.8, 4) is 5.75 Å². The molecule has 0 spiro atoms. The molecule has 0 atom stereocenters. The molecule has 0 amide bonds. The fourth-order valence-corrected chi connectivity index (χ4v) is 6.14. The van der Waals surface area contributed by atoms with Crippen LogP contribution in [0.15, 0.2) is 91.6 Å². The van der Waals surface area contributed by atoms with Gasteiger partial charge in [-0.1, -0.05) is 6.07 Å². The van der Waals surface area contributed by atoms with Crippen LogP contribution in [0, 0.1) is 0 Å². The summed E-state index contributed by atoms with van der Waals surface area (Å²) in [4.78, 5) is 10.9. The van der Waals surface area contributed by atoms with Gasteiger partial charge in [0, 0.05) is 23.7 Å². The number of rotatable bonds is 9. The van der Waals surface area contributed by atoms with E-state index in [0.29, 0.717) is 5.69 Å². The standard InChI is InChI=1S/C26H21ClN8O9S3/c1-45(37,38)16-6-3-14(4-7-16)29-25-31-24(27)32-26(33-25)30-15-5-9-19(21(11-15)47(42,43)44)34-35-23-18(28)8-2-13-10-17(46(39,40)41)12-20(36)22(13)23/h2-12,36H,28H2,1H3,(H,39,40,41)(H,42,43,44)(H2,29,30,31,32,33)/b35-34+. The number of sulfone groups is 1. The number of hydrogen-bond donors (Lipinski definition) is 6. The van der Waals surface area contributed by atoms with Crippen molar-refractivity contribution < 1.29 is 39.5 Å². The minimum Gasteiger partial charge on any atom is -0.507 e. The number of aromatic hydroxyl groups is 1. The summed E-state index contributed by atoms with van der Waals surface area (Å²) in [6.45, 7) is 0. The molecule has 5 aromatic rings. The minimum absolute atomic E-state index is 0.0229. The Hall–Kier alpha value is -4.99. The molecule has 0 aliphatic heterocycles. The van der Waals surface area contributed by atoms with Gasteiger partial charge in [-0.25, -0.2) is 8.42 Å². The monoisotopic (exact) mass is 720 g/mol. The van der Waals surface area contributed by atoms with Crippen LogP contribution in [-0.4, -0.2) is 60.7 Å². The Morgan fingerprint density at radius 1 is 0.745 bits per heavy atom. The van der Waals surface area contributed by atoms with Gasteiger partial charge in [0.1, 0.15) is 22.0 Å². The Bertz CT molecular complexity index is 2430. The van der Waals surface area contributed by atoms with Gasteiger partial charge in [-0.3, -0.25) is 9.11 Å². The van der Waals surface area contributed by atoms with Crippen molar-refractivity contribution in [3.05, 3.63) is 72.0 Å². The molecule has 0 bridgehead atoms. The number of halogens is 1. The number of azo groups is 1. The molecule has 0 fully saturated rings. The zero-order valence-electron chi connectivity index (χ0n) is 23.6. The van der Waals surface area contributed by atoms with Crippen molar-refractivity contribution in [2.75, 3.05) is 22.6 Å². The third-order valence-corrected chi connectivity index (χ3v) is 9.28. The zero-order chi connectivity index (χ0) is 34.3. The Morgan fingerprint density at radius 2 is 1.36 bits per heavy atom. The summed E-state index contributed by atoms with van der Waals surface area (Å²) in [5, 5.41) is 23.8. The molecule has 244 valence electrons. The lowest BCUT2D eigenvalue weighted by atomic mass is 10.1. The molecule has 1 aromatic heterocycles. The van der Waals surface area contributed by atoms with Crippen LogP contribution in [0.3, 0.4) is 0 Å². The number of nitrogen functional groups attached to an aromatic ring is 1. The van der Waals surface area contributed by atoms with Gasteiger partial charge in [0.15, 0.2) is 9.84 Å². The third-order valence-electron chi connectivity index (χ3n) is 6.27. The molecule has 0 saturated carbocycles. The number of anilines is 5. The van der Waals surface area contributed by atoms with Crippen molar-refractivity contribution in [3.63, 3.8) is 0 Å². The topological polar surface area (TPSA) is 277 Å². The van der Waals surface area contributed by atoms with Crippen LogP contribution in [0.1, 0.15) is 0 Å². The number of nitrogens with two attached hydrogens (primary N) is 1. The quantitative estimate of drug-likeness (QED) is 0.0680. The maximum Gasteiger partial charge on any atom is 0.296 e. The average molecular weight is 721 g/mol. The second-order valence-electron chi connectivity index (χ2n) is 9.67. The highest BCUT2D eigenvalue weighted by molar-refractivity contribution is 7.90. The molecule has 7 N–H and O–H groups in total. The molecule has 0 aliphatic carbocycles. The summed E-state index contributed by atoms with van der Waals surface area (Å²) in [5.41, 5.74) is 5.96. The Labute approximate surface area is 271 Å². The predicted molar refractivity (Wildman–Crippen MR) is 171 cm³/mol. The van der Waals surface area contributed by atoms with Crippen molar-refractivity contribution in [1.29, 1.82) is 0 Å². The Morgan fingerprint density at radius 3 is 1.96 bits per heavy atom. The van der Waals surface area contributed by atoms with Gasteiger partial charge in [0.25, 0.3) is 20.2 Å². The highest BCUT2D eigenvalue weighted by atomic mass is 35.5. The lowest BCUT2D eigenvalue weighted by molar-refractivity contribution is 0.471. The van der Waals surface area contributed by atoms with Gasteiger partial charge in [-0.2, -0.15) is 31.8 Å². The maximum atomic E-state index is 12.3. The number of nitrogens with zero attached hydrogens (tertiary/aromatic N) is 5. The van der Waals surface area contributed by atoms with E-state index >= 15 is 0 Å². The van der Waals surface area contributed by atoms with Crippen molar-refractivity contribution in [2.24, 2.45) is 10.2 Å². The van der Waals surface area contributed by atoms with Crippen LogP contribution in [0.2, 0.25) is 5.28 Å². The summed E-state index contributed by atoms with van der Waals surface area (Å²) in [6.07, 6.45) is 1.07. The lowest BCUT2D eigenvalue weighted by Crippen LogP contribution is -2.05. The number of hydrogen-bond acceptors (Lipinski definition) is 15. The second kappa shape index (κ2) is 12.3. The van der Waals surface area contributed by atoms with Crippen LogP contribution >= 0.6 is 11.6 Å². The third kappa shape index (κ3) is 7.70. The highest BCUT2D eigenvalue weighted by Gasteiger charge is 2.20. The summed E-state index contributed by atoms with van der Waals surface area (Å²) in [5.74, 6) is -0.791. The van der Waals surface area contributed by atoms with Crippen molar-refractivity contribution in [2.45, 2.75) is 14.7 Å². The van der Waals surface area contributed by atoms with Crippen LogP contribution < -0.4 is 16.4 Å². The molecule has 1 heterocycles. The van der Waals surface area contributed by atoms with E-state index in [1.54, 1.807) is 0 Å². The summed E-state index contributed by atoms with van der Waals surface area (Å²) in [6, 6.07) is 13.8. The molecule has 0 radical (unpaired) electrons. The second-order valence-corrected chi connectivity index (χ2v) is 14.8. The molecule has 0 saturated heterocycles. The SMILES string of the molecule is CS(=O)(=O)c1ccc(Nc2nc(Cl)nc(Nc3ccc(/N=N/c4c(N)ccc5cc(S(=O)(=O)O)cc(O)c45)c(S(=O)(=O)O)c3)n2)cc1. The molecule has 5 rings (SSSR count). The van der Waals surface area contributed by atoms with Crippen molar-refractivity contribution >= 4 is 92.8 Å². The van der Waals surface area contributed by atoms with E-state index in [4.69, 9.17) is 17.3 Å². The molecular weight excluding hydrogens is 700 g/mol. The number of fused-ring (bicyclic) bond motifs is 1. The van der Waals surface area contributed by atoms with Gasteiger partial charge in [-0.15, -0.1) is 10.2 Å². The lowest BCUT2D eigenvalue weighted by Gasteiger charge is -2.11. The molecular formula is C26H21ClN8O9S3. The van der Waals surface area contributed by atoms with E-state index in [0.717, 1.165) is 24.5 Å². The van der Waals surface area contributed by atoms with E-state index in [9.17, 15) is 39.5 Å². The number of phenolic OH excluding ortho intramolecular Hbond substituents is 1. The first kappa shape index (κ1) is 33.4. The number of aromatic nitrogens is 3. The summed E-state index contributed by atoms with van der Waals surface area (Å²) in [7, 11) is -13.0. The smallest absolute Gasteiger partial charge is 0.296 e. The summed E-state index contributed by atoms with van der Waals surface area (Å²) < 4.78 is 90.4. The van der Waals surface area contributed by atoms with Gasteiger partial charge in [0.2, 0.25) is 17.2 Å². The molecule has 21 heteroatoms.